The van der Waals surface area contributed by atoms with Gasteiger partial charge in [-0.1, -0.05) is 55.4 Å². The van der Waals surface area contributed by atoms with Crippen molar-refractivity contribution in [3.05, 3.63) is 6.33 Å². The SMILES string of the molecule is CC(=O)ON(c1nc(N)c2ncn([C@H]3C[C@@H]4O[Si](C(C)C)(C(C)C)O[Si](C(C)C)(C(C)C)OC[C@H]4O3)c2n1)C(C)(C)C. The van der Waals surface area contributed by atoms with Gasteiger partial charge in [-0.15, -0.1) is 0 Å². The van der Waals surface area contributed by atoms with Crippen molar-refractivity contribution in [2.24, 2.45) is 0 Å². The van der Waals surface area contributed by atoms with Gasteiger partial charge in [0.25, 0.3) is 5.95 Å². The van der Waals surface area contributed by atoms with Gasteiger partial charge in [0.05, 0.1) is 24.6 Å². The molecule has 2 aromatic rings. The first-order chi connectivity index (χ1) is 19.4. The van der Waals surface area contributed by atoms with Crippen LogP contribution in [0.1, 0.15) is 95.7 Å². The summed E-state index contributed by atoms with van der Waals surface area (Å²) in [7, 11) is -5.45. The molecule has 4 heterocycles. The van der Waals surface area contributed by atoms with Crippen molar-refractivity contribution in [2.75, 3.05) is 17.4 Å². The van der Waals surface area contributed by atoms with Crippen LogP contribution >= 0.6 is 0 Å². The lowest BCUT2D eigenvalue weighted by atomic mass is 10.1. The van der Waals surface area contributed by atoms with Gasteiger partial charge in [-0.3, -0.25) is 9.36 Å². The lowest BCUT2D eigenvalue weighted by Gasteiger charge is -2.51. The smallest absolute Gasteiger partial charge is 0.335 e. The first-order valence-corrected chi connectivity index (χ1v) is 19.0. The number of hydrogen-bond acceptors (Lipinski definition) is 11. The molecule has 0 spiro atoms. The lowest BCUT2D eigenvalue weighted by Crippen LogP contribution is -2.65. The number of ether oxygens (including phenoxy) is 1. The number of hydrogen-bond donors (Lipinski definition) is 1. The van der Waals surface area contributed by atoms with Crippen LogP contribution in [0.5, 0.6) is 0 Å². The Bertz CT molecular complexity index is 1260. The highest BCUT2D eigenvalue weighted by Crippen LogP contribution is 2.48. The Labute approximate surface area is 252 Å². The van der Waals surface area contributed by atoms with Gasteiger partial charge >= 0.3 is 23.1 Å². The van der Waals surface area contributed by atoms with Crippen LogP contribution in [0.15, 0.2) is 6.33 Å². The molecule has 0 bridgehead atoms. The molecule has 0 aliphatic carbocycles. The topological polar surface area (TPSA) is 136 Å². The predicted molar refractivity (Wildman–Crippen MR) is 166 cm³/mol. The molecular formula is C28H50N6O6Si2. The Hall–Kier alpha value is -2.11. The van der Waals surface area contributed by atoms with E-state index in [2.05, 4.69) is 65.4 Å². The quantitative estimate of drug-likeness (QED) is 0.299. The van der Waals surface area contributed by atoms with E-state index in [1.165, 1.54) is 12.0 Å². The number of carbonyl (C=O) groups is 1. The molecule has 2 N–H and O–H groups in total. The summed E-state index contributed by atoms with van der Waals surface area (Å²) in [6.45, 7) is 25.1. The summed E-state index contributed by atoms with van der Waals surface area (Å²) in [4.78, 5) is 31.1. The van der Waals surface area contributed by atoms with Crippen molar-refractivity contribution in [3.8, 4) is 0 Å². The molecule has 2 saturated heterocycles. The van der Waals surface area contributed by atoms with Crippen LogP contribution in [0, 0.1) is 0 Å². The molecule has 3 atom stereocenters. The molecule has 2 aliphatic heterocycles. The van der Waals surface area contributed by atoms with Crippen LogP contribution < -0.4 is 10.8 Å². The van der Waals surface area contributed by atoms with Crippen molar-refractivity contribution in [1.29, 1.82) is 0 Å². The number of nitrogens with zero attached hydrogens (tertiary/aromatic N) is 5. The predicted octanol–water partition coefficient (Wildman–Crippen LogP) is 5.74. The van der Waals surface area contributed by atoms with Crippen molar-refractivity contribution < 1.29 is 27.3 Å². The first kappa shape index (κ1) is 32.8. The number of fused-ring (bicyclic) bond motifs is 2. The number of rotatable bonds is 7. The molecule has 42 heavy (non-hydrogen) atoms. The molecular weight excluding hydrogens is 573 g/mol. The highest BCUT2D eigenvalue weighted by atomic mass is 28.5. The van der Waals surface area contributed by atoms with Crippen molar-refractivity contribution in [2.45, 2.75) is 136 Å². The van der Waals surface area contributed by atoms with E-state index in [1.54, 1.807) is 6.33 Å². The van der Waals surface area contributed by atoms with Gasteiger partial charge in [-0.25, -0.2) is 4.98 Å². The molecule has 2 aromatic heterocycles. The fourth-order valence-electron chi connectivity index (χ4n) is 6.14. The van der Waals surface area contributed by atoms with Crippen LogP contribution in [-0.4, -0.2) is 67.0 Å². The van der Waals surface area contributed by atoms with Gasteiger partial charge in [-0.2, -0.15) is 15.0 Å². The molecule has 14 heteroatoms. The minimum Gasteiger partial charge on any atom is -0.414 e. The Kier molecular flexibility index (Phi) is 9.19. The third-order valence-corrected chi connectivity index (χ3v) is 18.6. The van der Waals surface area contributed by atoms with E-state index in [1.807, 2.05) is 25.3 Å². The van der Waals surface area contributed by atoms with E-state index in [9.17, 15) is 4.79 Å². The van der Waals surface area contributed by atoms with E-state index in [4.69, 9.17) is 33.3 Å². The zero-order valence-electron chi connectivity index (χ0n) is 27.3. The molecule has 0 aromatic carbocycles. The van der Waals surface area contributed by atoms with Crippen LogP contribution in [0.25, 0.3) is 11.2 Å². The molecule has 4 rings (SSSR count). The van der Waals surface area contributed by atoms with Crippen LogP contribution in [0.4, 0.5) is 11.8 Å². The standard InChI is InChI=1S/C28H50N6O6Si2/c1-16(2)41(17(3)4)36-14-22-21(39-42(40-41,18(5)6)19(7)8)13-23(37-22)33-15-30-24-25(29)31-27(32-26(24)33)34(28(10,11)12)38-20(9)35/h15-19,21-23H,13-14H2,1-12H3,(H2,29,31,32)/t21-,22+,23+/m0/s1. The summed E-state index contributed by atoms with van der Waals surface area (Å²) in [6.07, 6.45) is 1.31. The second-order valence-electron chi connectivity index (χ2n) is 13.8. The average molecular weight is 623 g/mol. The van der Waals surface area contributed by atoms with E-state index >= 15 is 0 Å². The normalized spacial score (nSPS) is 24.3. The van der Waals surface area contributed by atoms with Crippen LogP contribution in [-0.2, 0) is 27.3 Å². The Morgan fingerprint density at radius 3 is 2.14 bits per heavy atom. The number of imidazole rings is 1. The Morgan fingerprint density at radius 2 is 1.62 bits per heavy atom. The largest absolute Gasteiger partial charge is 0.414 e. The third kappa shape index (κ3) is 5.85. The highest BCUT2D eigenvalue weighted by Gasteiger charge is 2.60. The van der Waals surface area contributed by atoms with Crippen molar-refractivity contribution in [1.82, 2.24) is 19.5 Å². The number of anilines is 2. The average Bonchev–Trinajstić information content (AvgIpc) is 3.45. The molecule has 236 valence electrons. The van der Waals surface area contributed by atoms with Crippen LogP contribution in [0.3, 0.4) is 0 Å². The van der Waals surface area contributed by atoms with E-state index in [0.717, 1.165) is 0 Å². The number of aromatic nitrogens is 4. The maximum atomic E-state index is 11.9. The molecule has 0 amide bonds. The zero-order chi connectivity index (χ0) is 31.4. The van der Waals surface area contributed by atoms with E-state index in [-0.39, 0.29) is 46.1 Å². The molecule has 0 radical (unpaired) electrons. The van der Waals surface area contributed by atoms with Gasteiger partial charge in [-0.05, 0) is 42.9 Å². The fraction of sp³-hybridized carbons (Fsp3) is 0.786. The molecule has 0 unspecified atom stereocenters. The zero-order valence-corrected chi connectivity index (χ0v) is 29.3. The van der Waals surface area contributed by atoms with E-state index in [0.29, 0.717) is 24.2 Å². The van der Waals surface area contributed by atoms with Crippen LogP contribution in [0.2, 0.25) is 22.2 Å². The van der Waals surface area contributed by atoms with Gasteiger partial charge < -0.3 is 28.3 Å². The summed E-state index contributed by atoms with van der Waals surface area (Å²) < 4.78 is 29.9. The van der Waals surface area contributed by atoms with Gasteiger partial charge in [0.15, 0.2) is 11.5 Å². The summed E-state index contributed by atoms with van der Waals surface area (Å²) in [5.41, 5.74) is 7.59. The number of nitrogen functional groups attached to an aromatic ring is 1. The summed E-state index contributed by atoms with van der Waals surface area (Å²) in [6, 6.07) is 0. The summed E-state index contributed by atoms with van der Waals surface area (Å²) >= 11 is 0. The third-order valence-electron chi connectivity index (χ3n) is 8.28. The Morgan fingerprint density at radius 1 is 1.02 bits per heavy atom. The monoisotopic (exact) mass is 622 g/mol. The minimum atomic E-state index is -2.77. The van der Waals surface area contributed by atoms with Gasteiger partial charge in [0.1, 0.15) is 17.8 Å². The van der Waals surface area contributed by atoms with E-state index < -0.39 is 34.9 Å². The number of hydroxylamine groups is 1. The maximum absolute atomic E-state index is 11.9. The maximum Gasteiger partial charge on any atom is 0.335 e. The Balaban J connectivity index is 1.75. The molecule has 2 aliphatic rings. The van der Waals surface area contributed by atoms with Crippen molar-refractivity contribution in [3.63, 3.8) is 0 Å². The van der Waals surface area contributed by atoms with Gasteiger partial charge in [0.2, 0.25) is 0 Å². The molecule has 0 saturated carbocycles. The second-order valence-corrected chi connectivity index (χ2v) is 22.6. The summed E-state index contributed by atoms with van der Waals surface area (Å²) in [5.74, 6) is -0.138. The second kappa shape index (κ2) is 11.8. The van der Waals surface area contributed by atoms with Crippen molar-refractivity contribution >= 4 is 46.0 Å². The minimum absolute atomic E-state index is 0.164. The number of nitrogens with two attached hydrogens (primary N) is 1. The lowest BCUT2D eigenvalue weighted by molar-refractivity contribution is -0.144. The number of carbonyl (C=O) groups excluding carboxylic acids is 1. The highest BCUT2D eigenvalue weighted by molar-refractivity contribution is 6.83. The first-order valence-electron chi connectivity index (χ1n) is 15.1. The van der Waals surface area contributed by atoms with Gasteiger partial charge in [0, 0.05) is 13.3 Å². The summed E-state index contributed by atoms with van der Waals surface area (Å²) in [5, 5.41) is 1.37. The fourth-order valence-corrected chi connectivity index (χ4v) is 17.4. The molecule has 12 nitrogen and oxygen atoms in total. The molecule has 2 fully saturated rings.